The third-order valence-electron chi connectivity index (χ3n) is 2.79. The lowest BCUT2D eigenvalue weighted by Gasteiger charge is -2.21. The second-order valence-electron chi connectivity index (χ2n) is 4.70. The van der Waals surface area contributed by atoms with Gasteiger partial charge in [-0.05, 0) is 27.8 Å². The van der Waals surface area contributed by atoms with E-state index in [1.54, 1.807) is 0 Å². The van der Waals surface area contributed by atoms with Gasteiger partial charge in [-0.25, -0.2) is 0 Å². The van der Waals surface area contributed by atoms with Crippen LogP contribution in [-0.2, 0) is 9.47 Å². The van der Waals surface area contributed by atoms with Gasteiger partial charge in [-0.3, -0.25) is 0 Å². The minimum Gasteiger partial charge on any atom is -0.389 e. The van der Waals surface area contributed by atoms with Crippen molar-refractivity contribution in [2.45, 2.75) is 32.9 Å². The van der Waals surface area contributed by atoms with E-state index in [2.05, 4.69) is 31.1 Å². The van der Waals surface area contributed by atoms with Crippen LogP contribution >= 0.6 is 0 Å². The minimum absolute atomic E-state index is 0.361. The highest BCUT2D eigenvalue weighted by molar-refractivity contribution is 4.62. The van der Waals surface area contributed by atoms with Crippen molar-refractivity contribution < 1.29 is 14.6 Å². The molecule has 110 valence electrons. The molecule has 0 aliphatic heterocycles. The van der Waals surface area contributed by atoms with E-state index in [9.17, 15) is 5.11 Å². The zero-order chi connectivity index (χ0) is 13.8. The number of aliphatic hydroxyl groups is 1. The second-order valence-corrected chi connectivity index (χ2v) is 4.70. The van der Waals surface area contributed by atoms with Gasteiger partial charge in [0.05, 0.1) is 25.9 Å². The third kappa shape index (κ3) is 10.9. The molecule has 1 atom stereocenters. The maximum Gasteiger partial charge on any atom is 0.0897 e. The number of nitrogens with one attached hydrogen (secondary N) is 1. The Morgan fingerprint density at radius 3 is 2.50 bits per heavy atom. The highest BCUT2D eigenvalue weighted by atomic mass is 16.5. The summed E-state index contributed by atoms with van der Waals surface area (Å²) in [5.41, 5.74) is 0. The smallest absolute Gasteiger partial charge is 0.0897 e. The van der Waals surface area contributed by atoms with Crippen LogP contribution in [0.5, 0.6) is 0 Å². The summed E-state index contributed by atoms with van der Waals surface area (Å²) in [6.07, 6.45) is -0.448. The molecule has 5 heteroatoms. The van der Waals surface area contributed by atoms with Gasteiger partial charge < -0.3 is 24.8 Å². The fourth-order valence-corrected chi connectivity index (χ4v) is 1.32. The fraction of sp³-hybridized carbons (Fsp3) is 1.00. The zero-order valence-corrected chi connectivity index (χ0v) is 12.3. The molecule has 0 saturated heterocycles. The Labute approximate surface area is 111 Å². The summed E-state index contributed by atoms with van der Waals surface area (Å²) in [5.74, 6) is 0. The van der Waals surface area contributed by atoms with Crippen LogP contribution < -0.4 is 5.32 Å². The van der Waals surface area contributed by atoms with Crippen molar-refractivity contribution in [3.8, 4) is 0 Å². The van der Waals surface area contributed by atoms with E-state index in [4.69, 9.17) is 9.47 Å². The molecule has 0 rings (SSSR count). The largest absolute Gasteiger partial charge is 0.389 e. The van der Waals surface area contributed by atoms with Crippen LogP contribution in [0.2, 0.25) is 0 Å². The zero-order valence-electron chi connectivity index (χ0n) is 12.3. The van der Waals surface area contributed by atoms with Gasteiger partial charge in [-0.1, -0.05) is 0 Å². The fourth-order valence-electron chi connectivity index (χ4n) is 1.32. The molecular weight excluding hydrogens is 232 g/mol. The van der Waals surface area contributed by atoms with Crippen LogP contribution in [0, 0.1) is 0 Å². The molecule has 0 bridgehead atoms. The van der Waals surface area contributed by atoms with E-state index >= 15 is 0 Å². The van der Waals surface area contributed by atoms with E-state index in [1.165, 1.54) is 0 Å². The van der Waals surface area contributed by atoms with Crippen molar-refractivity contribution in [2.24, 2.45) is 0 Å². The van der Waals surface area contributed by atoms with Crippen LogP contribution in [0.1, 0.15) is 20.8 Å². The van der Waals surface area contributed by atoms with Gasteiger partial charge in [0, 0.05) is 32.3 Å². The average molecular weight is 262 g/mol. The predicted octanol–water partition coefficient (Wildman–Crippen LogP) is 0.330. The molecule has 0 spiro atoms. The number of ether oxygens (including phenoxy) is 2. The van der Waals surface area contributed by atoms with E-state index in [0.717, 1.165) is 13.1 Å². The van der Waals surface area contributed by atoms with Crippen molar-refractivity contribution in [2.75, 3.05) is 53.1 Å². The first-order valence-corrected chi connectivity index (χ1v) is 6.82. The molecule has 0 aromatic heterocycles. The summed E-state index contributed by atoms with van der Waals surface area (Å²) in [7, 11) is 2.10. The average Bonchev–Trinajstić information content (AvgIpc) is 2.34. The number of nitrogens with zero attached hydrogens (tertiary/aromatic N) is 1. The molecule has 0 aliphatic rings. The monoisotopic (exact) mass is 262 g/mol. The number of likely N-dealkylation sites (N-methyl/N-ethyl adjacent to an activating group) is 1. The first-order valence-electron chi connectivity index (χ1n) is 6.82. The first kappa shape index (κ1) is 17.8. The molecule has 0 saturated carbocycles. The number of hydrogen-bond donors (Lipinski definition) is 2. The molecular formula is C13H30N2O3. The summed E-state index contributed by atoms with van der Waals surface area (Å²) in [6, 6.07) is 0.554. The van der Waals surface area contributed by atoms with Crippen LogP contribution in [0.15, 0.2) is 0 Å². The first-order chi connectivity index (χ1) is 8.57. The number of rotatable bonds is 12. The lowest BCUT2D eigenvalue weighted by molar-refractivity contribution is 0.00642. The standard InChI is InChI=1S/C13H30N2O3/c1-5-17-8-9-18-11-13(16)10-14-6-7-15(4)12(2)3/h12-14,16H,5-11H2,1-4H3. The summed E-state index contributed by atoms with van der Waals surface area (Å²) in [5, 5.41) is 12.9. The summed E-state index contributed by atoms with van der Waals surface area (Å²) >= 11 is 0. The Hall–Kier alpha value is -0.200. The Kier molecular flexibility index (Phi) is 11.7. The summed E-state index contributed by atoms with van der Waals surface area (Å²) in [6.45, 7) is 10.9. The minimum atomic E-state index is -0.448. The normalized spacial score (nSPS) is 13.5. The van der Waals surface area contributed by atoms with Crippen LogP contribution in [0.3, 0.4) is 0 Å². The van der Waals surface area contributed by atoms with Gasteiger partial charge in [-0.15, -0.1) is 0 Å². The third-order valence-corrected chi connectivity index (χ3v) is 2.79. The number of hydrogen-bond acceptors (Lipinski definition) is 5. The Bertz CT molecular complexity index is 180. The van der Waals surface area contributed by atoms with Crippen LogP contribution in [0.25, 0.3) is 0 Å². The van der Waals surface area contributed by atoms with Gasteiger partial charge in [0.15, 0.2) is 0 Å². The molecule has 18 heavy (non-hydrogen) atoms. The SMILES string of the molecule is CCOCCOCC(O)CNCCN(C)C(C)C. The van der Waals surface area contributed by atoms with Crippen molar-refractivity contribution in [3.05, 3.63) is 0 Å². The lowest BCUT2D eigenvalue weighted by Crippen LogP contribution is -2.37. The van der Waals surface area contributed by atoms with E-state index in [1.807, 2.05) is 6.92 Å². The van der Waals surface area contributed by atoms with Gasteiger partial charge in [-0.2, -0.15) is 0 Å². The van der Waals surface area contributed by atoms with Gasteiger partial charge in [0.25, 0.3) is 0 Å². The Morgan fingerprint density at radius 1 is 1.22 bits per heavy atom. The molecule has 0 fully saturated rings. The molecule has 5 nitrogen and oxygen atoms in total. The molecule has 0 radical (unpaired) electrons. The van der Waals surface area contributed by atoms with E-state index in [0.29, 0.717) is 39.0 Å². The Balaban J connectivity index is 3.29. The topological polar surface area (TPSA) is 54.0 Å². The van der Waals surface area contributed by atoms with Crippen molar-refractivity contribution >= 4 is 0 Å². The summed E-state index contributed by atoms with van der Waals surface area (Å²) in [4.78, 5) is 2.26. The molecule has 2 N–H and O–H groups in total. The van der Waals surface area contributed by atoms with Gasteiger partial charge in [0.1, 0.15) is 0 Å². The van der Waals surface area contributed by atoms with Crippen molar-refractivity contribution in [1.29, 1.82) is 0 Å². The highest BCUT2D eigenvalue weighted by Gasteiger charge is 2.05. The highest BCUT2D eigenvalue weighted by Crippen LogP contribution is 1.91. The molecule has 0 aliphatic carbocycles. The molecule has 0 heterocycles. The second kappa shape index (κ2) is 11.9. The van der Waals surface area contributed by atoms with Crippen molar-refractivity contribution in [3.63, 3.8) is 0 Å². The number of aliphatic hydroxyl groups excluding tert-OH is 1. The van der Waals surface area contributed by atoms with Crippen molar-refractivity contribution in [1.82, 2.24) is 10.2 Å². The molecule has 0 aromatic rings. The van der Waals surface area contributed by atoms with Crippen LogP contribution in [-0.4, -0.2) is 75.3 Å². The van der Waals surface area contributed by atoms with Crippen LogP contribution in [0.4, 0.5) is 0 Å². The maximum absolute atomic E-state index is 9.64. The van der Waals surface area contributed by atoms with Gasteiger partial charge in [0.2, 0.25) is 0 Å². The Morgan fingerprint density at radius 2 is 1.89 bits per heavy atom. The maximum atomic E-state index is 9.64. The van der Waals surface area contributed by atoms with Gasteiger partial charge >= 0.3 is 0 Å². The molecule has 0 aromatic carbocycles. The quantitative estimate of drug-likeness (QED) is 0.497. The molecule has 1 unspecified atom stereocenters. The molecule has 0 amide bonds. The predicted molar refractivity (Wildman–Crippen MR) is 74.0 cm³/mol. The lowest BCUT2D eigenvalue weighted by atomic mass is 10.3. The summed E-state index contributed by atoms with van der Waals surface area (Å²) < 4.78 is 10.4. The van der Waals surface area contributed by atoms with E-state index < -0.39 is 6.10 Å². The van der Waals surface area contributed by atoms with E-state index in [-0.39, 0.29) is 0 Å².